The summed E-state index contributed by atoms with van der Waals surface area (Å²) in [6.07, 6.45) is 12.9. The quantitative estimate of drug-likeness (QED) is 0.424. The molecule has 2 aliphatic carbocycles. The molecule has 3 N–H and O–H groups in total. The fraction of sp³-hybridized carbons (Fsp3) is 0.720. The van der Waals surface area contributed by atoms with Crippen LogP contribution in [-0.2, 0) is 6.42 Å². The Balaban J connectivity index is 1.51. The number of aliphatic hydroxyl groups is 1. The molecule has 4 nitrogen and oxygen atoms in total. The first-order valence-electron chi connectivity index (χ1n) is 12.0. The van der Waals surface area contributed by atoms with Crippen LogP contribution in [0.2, 0.25) is 5.02 Å². The van der Waals surface area contributed by atoms with E-state index in [9.17, 15) is 4.79 Å². The van der Waals surface area contributed by atoms with Gasteiger partial charge in [-0.25, -0.2) is 0 Å². The molecule has 2 fully saturated rings. The summed E-state index contributed by atoms with van der Waals surface area (Å²) in [5.41, 5.74) is 2.07. The smallest absolute Gasteiger partial charge is 0.252 e. The average Bonchev–Trinajstić information content (AvgIpc) is 2.75. The fourth-order valence-electron chi connectivity index (χ4n) is 5.54. The van der Waals surface area contributed by atoms with Crippen LogP contribution in [0.4, 0.5) is 0 Å². The Hall–Kier alpha value is -1.10. The van der Waals surface area contributed by atoms with E-state index in [0.717, 1.165) is 50.3 Å². The molecule has 5 heteroatoms. The molecule has 168 valence electrons. The number of aliphatic hydroxyl groups excluding tert-OH is 1. The number of hydrogen-bond acceptors (Lipinski definition) is 3. The summed E-state index contributed by atoms with van der Waals surface area (Å²) in [6.45, 7) is 4.06. The maximum Gasteiger partial charge on any atom is 0.252 e. The third-order valence-corrected chi connectivity index (χ3v) is 7.64. The van der Waals surface area contributed by atoms with Crippen LogP contribution in [-0.4, -0.2) is 36.8 Å². The van der Waals surface area contributed by atoms with Crippen molar-refractivity contribution >= 4 is 17.5 Å². The summed E-state index contributed by atoms with van der Waals surface area (Å²) in [6, 6.07) is 6.22. The van der Waals surface area contributed by atoms with Crippen molar-refractivity contribution < 1.29 is 9.90 Å². The number of hydrogen-bond donors (Lipinski definition) is 3. The van der Waals surface area contributed by atoms with Crippen LogP contribution in [0.3, 0.4) is 0 Å². The van der Waals surface area contributed by atoms with E-state index in [1.165, 1.54) is 44.9 Å². The topological polar surface area (TPSA) is 61.4 Å². The molecule has 2 saturated carbocycles. The Morgan fingerprint density at radius 3 is 2.77 bits per heavy atom. The first kappa shape index (κ1) is 23.6. The van der Waals surface area contributed by atoms with E-state index in [2.05, 4.69) is 17.6 Å². The van der Waals surface area contributed by atoms with Gasteiger partial charge >= 0.3 is 0 Å². The minimum absolute atomic E-state index is 0.0314. The number of nitrogens with one attached hydrogen (secondary N) is 2. The Morgan fingerprint density at radius 2 is 2.07 bits per heavy atom. The number of rotatable bonds is 11. The normalized spacial score (nSPS) is 24.4. The van der Waals surface area contributed by atoms with Gasteiger partial charge in [-0.2, -0.15) is 0 Å². The van der Waals surface area contributed by atoms with Gasteiger partial charge in [0.15, 0.2) is 0 Å². The molecular formula is C25H39ClN2O2. The third kappa shape index (κ3) is 6.45. The highest BCUT2D eigenvalue weighted by Gasteiger charge is 2.39. The molecule has 0 aromatic heterocycles. The number of carbonyl (C=O) groups excluding carboxylic acids is 1. The Kier molecular flexibility index (Phi) is 9.03. The first-order valence-corrected chi connectivity index (χ1v) is 12.3. The van der Waals surface area contributed by atoms with Gasteiger partial charge in [-0.1, -0.05) is 50.3 Å². The van der Waals surface area contributed by atoms with Crippen LogP contribution in [0.15, 0.2) is 18.2 Å². The lowest BCUT2D eigenvalue weighted by atomic mass is 9.62. The number of halogens is 1. The largest absolute Gasteiger partial charge is 0.396 e. The summed E-state index contributed by atoms with van der Waals surface area (Å²) >= 11 is 6.38. The van der Waals surface area contributed by atoms with Crippen LogP contribution in [0, 0.1) is 11.3 Å². The van der Waals surface area contributed by atoms with Crippen molar-refractivity contribution in [3.63, 3.8) is 0 Å². The van der Waals surface area contributed by atoms with Gasteiger partial charge in [-0.3, -0.25) is 4.79 Å². The van der Waals surface area contributed by atoms with Gasteiger partial charge in [-0.05, 0) is 80.5 Å². The summed E-state index contributed by atoms with van der Waals surface area (Å²) in [4.78, 5) is 12.9. The molecule has 0 radical (unpaired) electrons. The molecule has 0 heterocycles. The first-order chi connectivity index (χ1) is 14.5. The molecule has 0 saturated heterocycles. The van der Waals surface area contributed by atoms with Gasteiger partial charge in [0.1, 0.15) is 0 Å². The number of benzene rings is 1. The zero-order valence-corrected chi connectivity index (χ0v) is 19.3. The van der Waals surface area contributed by atoms with Gasteiger partial charge in [0.2, 0.25) is 0 Å². The lowest BCUT2D eigenvalue weighted by Gasteiger charge is -2.45. The van der Waals surface area contributed by atoms with Gasteiger partial charge < -0.3 is 15.7 Å². The maximum absolute atomic E-state index is 12.9. The Labute approximate surface area is 187 Å². The summed E-state index contributed by atoms with van der Waals surface area (Å²) < 4.78 is 0. The lowest BCUT2D eigenvalue weighted by Crippen LogP contribution is -2.43. The predicted molar refractivity (Wildman–Crippen MR) is 124 cm³/mol. The zero-order chi connectivity index (χ0) is 21.4. The van der Waals surface area contributed by atoms with Crippen LogP contribution >= 0.6 is 11.6 Å². The van der Waals surface area contributed by atoms with Crippen LogP contribution in [0.5, 0.6) is 0 Å². The van der Waals surface area contributed by atoms with Crippen molar-refractivity contribution in [1.82, 2.24) is 10.6 Å². The van der Waals surface area contributed by atoms with Crippen molar-refractivity contribution in [3.8, 4) is 0 Å². The molecule has 0 spiro atoms. The Bertz CT molecular complexity index is 684. The predicted octanol–water partition coefficient (Wildman–Crippen LogP) is 5.11. The molecule has 1 amide bonds. The SMILES string of the molecule is CCC(CCO)NCCCc1ccc(Cl)c(C(=O)NCC23CCCC(CCC2)C3)c1. The van der Waals surface area contributed by atoms with Crippen molar-refractivity contribution in [2.24, 2.45) is 11.3 Å². The minimum atomic E-state index is -0.0314. The average molecular weight is 435 g/mol. The molecule has 1 atom stereocenters. The second kappa shape index (κ2) is 11.5. The van der Waals surface area contributed by atoms with Gasteiger partial charge in [0.05, 0.1) is 10.6 Å². The fourth-order valence-corrected chi connectivity index (χ4v) is 5.74. The summed E-state index contributed by atoms with van der Waals surface area (Å²) in [7, 11) is 0. The summed E-state index contributed by atoms with van der Waals surface area (Å²) in [5.74, 6) is 0.839. The van der Waals surface area contributed by atoms with E-state index >= 15 is 0 Å². The molecule has 1 unspecified atom stereocenters. The molecule has 2 aliphatic rings. The third-order valence-electron chi connectivity index (χ3n) is 7.31. The second-order valence-electron chi connectivity index (χ2n) is 9.53. The molecule has 3 rings (SSSR count). The van der Waals surface area contributed by atoms with E-state index in [1.807, 2.05) is 18.2 Å². The molecule has 1 aromatic carbocycles. The minimum Gasteiger partial charge on any atom is -0.396 e. The van der Waals surface area contributed by atoms with Crippen molar-refractivity contribution in [1.29, 1.82) is 0 Å². The number of fused-ring (bicyclic) bond motifs is 2. The van der Waals surface area contributed by atoms with E-state index in [-0.39, 0.29) is 12.5 Å². The van der Waals surface area contributed by atoms with Crippen LogP contribution < -0.4 is 10.6 Å². The van der Waals surface area contributed by atoms with E-state index in [0.29, 0.717) is 22.0 Å². The number of aryl methyl sites for hydroxylation is 1. The molecule has 30 heavy (non-hydrogen) atoms. The number of amides is 1. The van der Waals surface area contributed by atoms with E-state index in [4.69, 9.17) is 16.7 Å². The number of carbonyl (C=O) groups is 1. The highest BCUT2D eigenvalue weighted by atomic mass is 35.5. The molecular weight excluding hydrogens is 396 g/mol. The molecule has 0 aliphatic heterocycles. The zero-order valence-electron chi connectivity index (χ0n) is 18.5. The highest BCUT2D eigenvalue weighted by molar-refractivity contribution is 6.33. The molecule has 2 bridgehead atoms. The van der Waals surface area contributed by atoms with Crippen molar-refractivity contribution in [3.05, 3.63) is 34.3 Å². The van der Waals surface area contributed by atoms with Crippen molar-refractivity contribution in [2.45, 2.75) is 83.6 Å². The van der Waals surface area contributed by atoms with Crippen molar-refractivity contribution in [2.75, 3.05) is 19.7 Å². The van der Waals surface area contributed by atoms with E-state index in [1.54, 1.807) is 0 Å². The second-order valence-corrected chi connectivity index (χ2v) is 9.93. The van der Waals surface area contributed by atoms with Crippen LogP contribution in [0.1, 0.15) is 87.1 Å². The monoisotopic (exact) mass is 434 g/mol. The summed E-state index contributed by atoms with van der Waals surface area (Å²) in [5, 5.41) is 16.4. The van der Waals surface area contributed by atoms with E-state index < -0.39 is 0 Å². The molecule has 1 aromatic rings. The standard InChI is InChI=1S/C25H39ClN2O2/c1-2-21(11-15-29)27-14-5-8-19-9-10-23(26)22(16-19)24(30)28-18-25-12-3-6-20(17-25)7-4-13-25/h9-10,16,20-21,27,29H,2-8,11-15,17-18H2,1H3,(H,28,30). The van der Waals surface area contributed by atoms with Gasteiger partial charge in [0.25, 0.3) is 5.91 Å². The maximum atomic E-state index is 12.9. The van der Waals surface area contributed by atoms with Gasteiger partial charge in [-0.15, -0.1) is 0 Å². The highest BCUT2D eigenvalue weighted by Crippen LogP contribution is 2.48. The Morgan fingerprint density at radius 1 is 1.30 bits per heavy atom. The lowest BCUT2D eigenvalue weighted by molar-refractivity contribution is 0.0682. The van der Waals surface area contributed by atoms with Crippen LogP contribution in [0.25, 0.3) is 0 Å². The van der Waals surface area contributed by atoms with Gasteiger partial charge in [0, 0.05) is 19.2 Å².